The average Bonchev–Trinajstić information content (AvgIpc) is 2.70. The summed E-state index contributed by atoms with van der Waals surface area (Å²) in [5.41, 5.74) is 5.83. The molecule has 0 fully saturated rings. The molecule has 0 bridgehead atoms. The summed E-state index contributed by atoms with van der Waals surface area (Å²) in [6, 6.07) is 0. The van der Waals surface area contributed by atoms with Crippen LogP contribution >= 0.6 is 0 Å². The quantitative estimate of drug-likeness (QED) is 0.743. The molecular weight excluding hydrogens is 178 g/mol. The summed E-state index contributed by atoms with van der Waals surface area (Å²) >= 11 is 0. The van der Waals surface area contributed by atoms with E-state index < -0.39 is 5.54 Å². The Morgan fingerprint density at radius 3 is 2.64 bits per heavy atom. The first kappa shape index (κ1) is 11.1. The topological polar surface area (TPSA) is 80.5 Å². The van der Waals surface area contributed by atoms with Crippen LogP contribution < -0.4 is 5.73 Å². The van der Waals surface area contributed by atoms with Gasteiger partial charge in [0, 0.05) is 0 Å². The molecule has 80 valence electrons. The number of tetrazole rings is 1. The van der Waals surface area contributed by atoms with Gasteiger partial charge in [0.05, 0.1) is 5.54 Å². The van der Waals surface area contributed by atoms with Crippen LogP contribution in [0.4, 0.5) is 0 Å². The van der Waals surface area contributed by atoms with Gasteiger partial charge >= 0.3 is 0 Å². The van der Waals surface area contributed by atoms with Gasteiger partial charge in [-0.15, -0.1) is 10.2 Å². The monoisotopic (exact) mass is 197 g/mol. The molecule has 0 aliphatic carbocycles. The summed E-state index contributed by atoms with van der Waals surface area (Å²) in [4.78, 5) is 0. The summed E-state index contributed by atoms with van der Waals surface area (Å²) in [6.45, 7) is 6.41. The van der Waals surface area contributed by atoms with Crippen molar-refractivity contribution in [1.82, 2.24) is 20.6 Å². The number of H-pyrrole nitrogens is 1. The van der Waals surface area contributed by atoms with Gasteiger partial charge in [-0.1, -0.05) is 32.4 Å². The third-order valence-corrected chi connectivity index (χ3v) is 2.83. The molecule has 0 aliphatic heterocycles. The highest BCUT2D eigenvalue weighted by Crippen LogP contribution is 2.27. The second-order valence-corrected chi connectivity index (χ2v) is 3.96. The van der Waals surface area contributed by atoms with Crippen LogP contribution in [0.5, 0.6) is 0 Å². The first-order valence-electron chi connectivity index (χ1n) is 5.15. The van der Waals surface area contributed by atoms with Crippen LogP contribution in [-0.4, -0.2) is 20.6 Å². The van der Waals surface area contributed by atoms with Crippen LogP contribution in [0, 0.1) is 5.92 Å². The molecule has 0 radical (unpaired) electrons. The maximum atomic E-state index is 6.25. The van der Waals surface area contributed by atoms with Gasteiger partial charge in [0.15, 0.2) is 5.82 Å². The zero-order chi connectivity index (χ0) is 10.6. The van der Waals surface area contributed by atoms with Gasteiger partial charge in [0.2, 0.25) is 0 Å². The van der Waals surface area contributed by atoms with Gasteiger partial charge in [-0.25, -0.2) is 0 Å². The number of hydrogen-bond donors (Lipinski definition) is 2. The number of hydrogen-bond acceptors (Lipinski definition) is 4. The van der Waals surface area contributed by atoms with Crippen molar-refractivity contribution in [1.29, 1.82) is 0 Å². The summed E-state index contributed by atoms with van der Waals surface area (Å²) in [5.74, 6) is 1.21. The van der Waals surface area contributed by atoms with Crippen molar-refractivity contribution >= 4 is 0 Å². The molecule has 2 atom stereocenters. The van der Waals surface area contributed by atoms with Crippen molar-refractivity contribution in [2.45, 2.75) is 45.6 Å². The van der Waals surface area contributed by atoms with E-state index in [9.17, 15) is 0 Å². The Morgan fingerprint density at radius 2 is 2.21 bits per heavy atom. The lowest BCUT2D eigenvalue weighted by Gasteiger charge is -2.27. The zero-order valence-electron chi connectivity index (χ0n) is 9.12. The Kier molecular flexibility index (Phi) is 3.57. The van der Waals surface area contributed by atoms with Crippen molar-refractivity contribution in [3.8, 4) is 0 Å². The Balaban J connectivity index is 2.76. The lowest BCUT2D eigenvalue weighted by molar-refractivity contribution is 0.304. The normalized spacial score (nSPS) is 17.7. The van der Waals surface area contributed by atoms with Crippen LogP contribution in [0.3, 0.4) is 0 Å². The second-order valence-electron chi connectivity index (χ2n) is 3.96. The Hall–Kier alpha value is -0.970. The Morgan fingerprint density at radius 1 is 1.50 bits per heavy atom. The number of aromatic amines is 1. The fourth-order valence-electron chi connectivity index (χ4n) is 1.53. The lowest BCUT2D eigenvalue weighted by atomic mass is 9.85. The maximum absolute atomic E-state index is 6.25. The summed E-state index contributed by atoms with van der Waals surface area (Å²) < 4.78 is 0. The summed E-state index contributed by atoms with van der Waals surface area (Å²) in [6.07, 6.45) is 2.85. The second kappa shape index (κ2) is 4.50. The van der Waals surface area contributed by atoms with Crippen LogP contribution in [0.25, 0.3) is 0 Å². The Bertz CT molecular complexity index is 258. The first-order chi connectivity index (χ1) is 6.62. The molecule has 0 spiro atoms. The Labute approximate surface area is 84.5 Å². The van der Waals surface area contributed by atoms with Gasteiger partial charge in [-0.3, -0.25) is 0 Å². The van der Waals surface area contributed by atoms with Crippen molar-refractivity contribution < 1.29 is 0 Å². The molecule has 1 aromatic rings. The standard InChI is InChI=1S/C9H19N5/c1-4-7(3)6-9(10,5-2)8-11-13-14-12-8/h7H,4-6,10H2,1-3H3,(H,11,12,13,14). The minimum atomic E-state index is -0.428. The molecule has 0 aromatic carbocycles. The van der Waals surface area contributed by atoms with E-state index in [0.29, 0.717) is 11.7 Å². The molecule has 1 heterocycles. The molecule has 0 saturated heterocycles. The number of nitrogens with one attached hydrogen (secondary N) is 1. The SMILES string of the molecule is CCC(C)CC(N)(CC)c1nn[nH]n1. The van der Waals surface area contributed by atoms with E-state index in [-0.39, 0.29) is 0 Å². The van der Waals surface area contributed by atoms with E-state index >= 15 is 0 Å². The average molecular weight is 197 g/mol. The van der Waals surface area contributed by atoms with Gasteiger partial charge in [0.1, 0.15) is 0 Å². The molecule has 3 N–H and O–H groups in total. The molecule has 1 rings (SSSR count). The van der Waals surface area contributed by atoms with Crippen molar-refractivity contribution in [2.75, 3.05) is 0 Å². The van der Waals surface area contributed by atoms with Crippen LogP contribution in [-0.2, 0) is 5.54 Å². The number of nitrogens with zero attached hydrogens (tertiary/aromatic N) is 3. The van der Waals surface area contributed by atoms with E-state index in [1.165, 1.54) is 0 Å². The predicted octanol–water partition coefficient (Wildman–Crippen LogP) is 1.20. The molecular formula is C9H19N5. The maximum Gasteiger partial charge on any atom is 0.194 e. The highest BCUT2D eigenvalue weighted by atomic mass is 15.5. The third kappa shape index (κ3) is 2.29. The van der Waals surface area contributed by atoms with Crippen LogP contribution in [0.15, 0.2) is 0 Å². The van der Waals surface area contributed by atoms with Gasteiger partial charge in [-0.05, 0) is 18.8 Å². The molecule has 5 nitrogen and oxygen atoms in total. The van der Waals surface area contributed by atoms with Crippen molar-refractivity contribution in [3.05, 3.63) is 5.82 Å². The number of nitrogens with two attached hydrogens (primary N) is 1. The summed E-state index contributed by atoms with van der Waals surface area (Å²) in [5, 5.41) is 14.0. The van der Waals surface area contributed by atoms with Crippen molar-refractivity contribution in [2.24, 2.45) is 11.7 Å². The van der Waals surface area contributed by atoms with Crippen molar-refractivity contribution in [3.63, 3.8) is 0 Å². The zero-order valence-corrected chi connectivity index (χ0v) is 9.12. The lowest BCUT2D eigenvalue weighted by Crippen LogP contribution is -2.39. The predicted molar refractivity (Wildman–Crippen MR) is 54.4 cm³/mol. The minimum Gasteiger partial charge on any atom is -0.319 e. The highest BCUT2D eigenvalue weighted by molar-refractivity contribution is 5.00. The van der Waals surface area contributed by atoms with E-state index in [0.717, 1.165) is 19.3 Å². The smallest absolute Gasteiger partial charge is 0.194 e. The number of rotatable bonds is 5. The van der Waals surface area contributed by atoms with Gasteiger partial charge in [0.25, 0.3) is 0 Å². The fourth-order valence-corrected chi connectivity index (χ4v) is 1.53. The molecule has 5 heteroatoms. The van der Waals surface area contributed by atoms with E-state index in [4.69, 9.17) is 5.73 Å². The third-order valence-electron chi connectivity index (χ3n) is 2.83. The number of aromatic nitrogens is 4. The van der Waals surface area contributed by atoms with E-state index in [1.54, 1.807) is 0 Å². The molecule has 2 unspecified atom stereocenters. The van der Waals surface area contributed by atoms with Crippen LogP contribution in [0.1, 0.15) is 45.9 Å². The molecule has 0 aliphatic rings. The first-order valence-corrected chi connectivity index (χ1v) is 5.15. The van der Waals surface area contributed by atoms with Gasteiger partial charge in [-0.2, -0.15) is 5.21 Å². The largest absolute Gasteiger partial charge is 0.319 e. The molecule has 14 heavy (non-hydrogen) atoms. The molecule has 1 aromatic heterocycles. The summed E-state index contributed by atoms with van der Waals surface area (Å²) in [7, 11) is 0. The van der Waals surface area contributed by atoms with Gasteiger partial charge < -0.3 is 5.73 Å². The highest BCUT2D eigenvalue weighted by Gasteiger charge is 2.31. The fraction of sp³-hybridized carbons (Fsp3) is 0.889. The van der Waals surface area contributed by atoms with E-state index in [1.807, 2.05) is 0 Å². The van der Waals surface area contributed by atoms with E-state index in [2.05, 4.69) is 41.4 Å². The molecule has 0 saturated carbocycles. The van der Waals surface area contributed by atoms with Crippen LogP contribution in [0.2, 0.25) is 0 Å². The molecule has 0 amide bonds. The minimum absolute atomic E-state index is 0.428.